The van der Waals surface area contributed by atoms with E-state index in [9.17, 15) is 13.2 Å². The van der Waals surface area contributed by atoms with E-state index in [4.69, 9.17) is 4.74 Å². The van der Waals surface area contributed by atoms with Gasteiger partial charge in [0, 0.05) is 25.4 Å². The Hall–Kier alpha value is -1.40. The SMILES string of the molecule is CCC(=O)C1CCN(S(=O)(=O)c2ccc(OC)cc2)CC1. The molecule has 0 bridgehead atoms. The third kappa shape index (κ3) is 3.44. The molecule has 0 N–H and O–H groups in total. The number of Topliss-reactive ketones (excluding diaryl/α,β-unsaturated/α-hetero) is 1. The van der Waals surface area contributed by atoms with E-state index in [1.54, 1.807) is 31.4 Å². The van der Waals surface area contributed by atoms with Crippen LogP contribution in [-0.2, 0) is 14.8 Å². The van der Waals surface area contributed by atoms with Crippen LogP contribution in [0.4, 0.5) is 0 Å². The van der Waals surface area contributed by atoms with Gasteiger partial charge in [-0.25, -0.2) is 8.42 Å². The third-order valence-corrected chi connectivity index (χ3v) is 5.87. The molecule has 1 aromatic rings. The fraction of sp³-hybridized carbons (Fsp3) is 0.533. The van der Waals surface area contributed by atoms with Gasteiger partial charge in [-0.15, -0.1) is 0 Å². The Morgan fingerprint density at radius 3 is 2.29 bits per heavy atom. The quantitative estimate of drug-likeness (QED) is 0.835. The summed E-state index contributed by atoms with van der Waals surface area (Å²) in [5.74, 6) is 0.870. The minimum Gasteiger partial charge on any atom is -0.497 e. The Labute approximate surface area is 126 Å². The van der Waals surface area contributed by atoms with Gasteiger partial charge in [0.15, 0.2) is 0 Å². The van der Waals surface area contributed by atoms with Crippen LogP contribution in [0.3, 0.4) is 0 Å². The van der Waals surface area contributed by atoms with Crippen molar-refractivity contribution in [3.63, 3.8) is 0 Å². The molecule has 21 heavy (non-hydrogen) atoms. The van der Waals surface area contributed by atoms with Crippen LogP contribution < -0.4 is 4.74 Å². The first-order chi connectivity index (χ1) is 9.98. The number of carbonyl (C=O) groups is 1. The monoisotopic (exact) mass is 311 g/mol. The molecule has 1 aliphatic rings. The van der Waals surface area contributed by atoms with Gasteiger partial charge in [-0.2, -0.15) is 4.31 Å². The van der Waals surface area contributed by atoms with E-state index < -0.39 is 10.0 Å². The number of carbonyl (C=O) groups excluding carboxylic acids is 1. The smallest absolute Gasteiger partial charge is 0.243 e. The zero-order chi connectivity index (χ0) is 15.5. The largest absolute Gasteiger partial charge is 0.497 e. The molecule has 1 aliphatic heterocycles. The third-order valence-electron chi connectivity index (χ3n) is 3.95. The van der Waals surface area contributed by atoms with Crippen molar-refractivity contribution in [3.8, 4) is 5.75 Å². The second kappa shape index (κ2) is 6.58. The highest BCUT2D eigenvalue weighted by Crippen LogP contribution is 2.25. The van der Waals surface area contributed by atoms with Crippen LogP contribution in [0.2, 0.25) is 0 Å². The molecular formula is C15H21NO4S. The summed E-state index contributed by atoms with van der Waals surface area (Å²) in [7, 11) is -1.94. The lowest BCUT2D eigenvalue weighted by molar-refractivity contribution is -0.123. The number of hydrogen-bond donors (Lipinski definition) is 0. The van der Waals surface area contributed by atoms with Crippen LogP contribution in [0.1, 0.15) is 26.2 Å². The van der Waals surface area contributed by atoms with E-state index in [0.29, 0.717) is 38.1 Å². The molecule has 0 aliphatic carbocycles. The summed E-state index contributed by atoms with van der Waals surface area (Å²) in [5, 5.41) is 0. The van der Waals surface area contributed by atoms with Crippen LogP contribution in [0.25, 0.3) is 0 Å². The molecule has 6 heteroatoms. The maximum Gasteiger partial charge on any atom is 0.243 e. The minimum absolute atomic E-state index is 0.0114. The van der Waals surface area contributed by atoms with E-state index in [1.807, 2.05) is 6.92 Å². The van der Waals surface area contributed by atoms with Crippen molar-refractivity contribution < 1.29 is 17.9 Å². The molecule has 116 valence electrons. The molecule has 0 atom stereocenters. The Bertz CT molecular complexity index is 587. The number of nitrogens with zero attached hydrogens (tertiary/aromatic N) is 1. The van der Waals surface area contributed by atoms with Crippen LogP contribution in [-0.4, -0.2) is 38.7 Å². The lowest BCUT2D eigenvalue weighted by atomic mass is 9.92. The predicted molar refractivity (Wildman–Crippen MR) is 79.8 cm³/mol. The van der Waals surface area contributed by atoms with Crippen LogP contribution in [0, 0.1) is 5.92 Å². The Kier molecular flexibility index (Phi) is 5.00. The highest BCUT2D eigenvalue weighted by molar-refractivity contribution is 7.89. The van der Waals surface area contributed by atoms with E-state index in [-0.39, 0.29) is 16.6 Å². The molecule has 1 saturated heterocycles. The topological polar surface area (TPSA) is 63.7 Å². The maximum atomic E-state index is 12.5. The highest BCUT2D eigenvalue weighted by atomic mass is 32.2. The van der Waals surface area contributed by atoms with Crippen LogP contribution in [0.15, 0.2) is 29.2 Å². The molecule has 0 saturated carbocycles. The Morgan fingerprint density at radius 1 is 1.24 bits per heavy atom. The van der Waals surface area contributed by atoms with Gasteiger partial charge in [0.2, 0.25) is 10.0 Å². The van der Waals surface area contributed by atoms with Crippen molar-refractivity contribution in [2.24, 2.45) is 5.92 Å². The first-order valence-corrected chi connectivity index (χ1v) is 8.60. The number of piperidine rings is 1. The van der Waals surface area contributed by atoms with Crippen molar-refractivity contribution in [3.05, 3.63) is 24.3 Å². The lowest BCUT2D eigenvalue weighted by Crippen LogP contribution is -2.40. The molecule has 0 spiro atoms. The lowest BCUT2D eigenvalue weighted by Gasteiger charge is -2.30. The number of benzene rings is 1. The van der Waals surface area contributed by atoms with E-state index in [0.717, 1.165) is 0 Å². The molecule has 0 aromatic heterocycles. The molecule has 0 radical (unpaired) electrons. The summed E-state index contributed by atoms with van der Waals surface area (Å²) in [6, 6.07) is 6.38. The Morgan fingerprint density at radius 2 is 1.81 bits per heavy atom. The first kappa shape index (κ1) is 16.0. The van der Waals surface area contributed by atoms with E-state index in [1.165, 1.54) is 4.31 Å². The average molecular weight is 311 g/mol. The maximum absolute atomic E-state index is 12.5. The fourth-order valence-corrected chi connectivity index (χ4v) is 4.07. The van der Waals surface area contributed by atoms with Gasteiger partial charge in [0.1, 0.15) is 11.5 Å². The standard InChI is InChI=1S/C15H21NO4S/c1-3-15(17)12-8-10-16(11-9-12)21(18,19)14-6-4-13(20-2)5-7-14/h4-7,12H,3,8-11H2,1-2H3. The fourth-order valence-electron chi connectivity index (χ4n) is 2.60. The summed E-state index contributed by atoms with van der Waals surface area (Å²) < 4.78 is 31.6. The van der Waals surface area contributed by atoms with Crippen molar-refractivity contribution in [1.82, 2.24) is 4.31 Å². The zero-order valence-corrected chi connectivity index (χ0v) is 13.2. The molecule has 5 nitrogen and oxygen atoms in total. The van der Waals surface area contributed by atoms with Crippen molar-refractivity contribution >= 4 is 15.8 Å². The first-order valence-electron chi connectivity index (χ1n) is 7.16. The van der Waals surface area contributed by atoms with Crippen LogP contribution >= 0.6 is 0 Å². The van der Waals surface area contributed by atoms with Crippen molar-refractivity contribution in [1.29, 1.82) is 0 Å². The van der Waals surface area contributed by atoms with Crippen molar-refractivity contribution in [2.75, 3.05) is 20.2 Å². The second-order valence-corrected chi connectivity index (χ2v) is 7.11. The van der Waals surface area contributed by atoms with Crippen molar-refractivity contribution in [2.45, 2.75) is 31.1 Å². The Balaban J connectivity index is 2.09. The number of methoxy groups -OCH3 is 1. The molecule has 2 rings (SSSR count). The van der Waals surface area contributed by atoms with Gasteiger partial charge in [0.05, 0.1) is 12.0 Å². The average Bonchev–Trinajstić information content (AvgIpc) is 2.54. The summed E-state index contributed by atoms with van der Waals surface area (Å²) in [6.07, 6.45) is 1.75. The van der Waals surface area contributed by atoms with E-state index in [2.05, 4.69) is 0 Å². The molecule has 1 aromatic carbocycles. The van der Waals surface area contributed by atoms with Gasteiger partial charge in [-0.05, 0) is 37.1 Å². The summed E-state index contributed by atoms with van der Waals surface area (Å²) >= 11 is 0. The summed E-state index contributed by atoms with van der Waals surface area (Å²) in [6.45, 7) is 2.67. The normalized spacial score (nSPS) is 17.6. The predicted octanol–water partition coefficient (Wildman–Crippen LogP) is 2.08. The highest BCUT2D eigenvalue weighted by Gasteiger charge is 2.31. The van der Waals surface area contributed by atoms with E-state index >= 15 is 0 Å². The van der Waals surface area contributed by atoms with Crippen LogP contribution in [0.5, 0.6) is 5.75 Å². The number of hydrogen-bond acceptors (Lipinski definition) is 4. The molecular weight excluding hydrogens is 290 g/mol. The summed E-state index contributed by atoms with van der Waals surface area (Å²) in [4.78, 5) is 11.9. The van der Waals surface area contributed by atoms with Gasteiger partial charge in [-0.1, -0.05) is 6.92 Å². The zero-order valence-electron chi connectivity index (χ0n) is 12.4. The number of ketones is 1. The summed E-state index contributed by atoms with van der Waals surface area (Å²) in [5.41, 5.74) is 0. The van der Waals surface area contributed by atoms with Gasteiger partial charge in [0.25, 0.3) is 0 Å². The molecule has 0 amide bonds. The molecule has 1 heterocycles. The molecule has 1 fully saturated rings. The minimum atomic E-state index is -3.48. The number of rotatable bonds is 5. The second-order valence-electron chi connectivity index (χ2n) is 5.17. The number of ether oxygens (including phenoxy) is 1. The van der Waals surface area contributed by atoms with Gasteiger partial charge in [-0.3, -0.25) is 4.79 Å². The van der Waals surface area contributed by atoms with Gasteiger partial charge < -0.3 is 4.74 Å². The molecule has 0 unspecified atom stereocenters. The van der Waals surface area contributed by atoms with Gasteiger partial charge >= 0.3 is 0 Å². The number of sulfonamides is 1.